The highest BCUT2D eigenvalue weighted by Gasteiger charge is 2.25. The van der Waals surface area contributed by atoms with Crippen LogP contribution in [0.4, 0.5) is 0 Å². The molecule has 0 saturated carbocycles. The lowest BCUT2D eigenvalue weighted by molar-refractivity contribution is -0.137. The maximum atomic E-state index is 11.0. The SMILES string of the molecule is COC1=CC2C=CC=CC2C=C1OC(C)=O. The van der Waals surface area contributed by atoms with Crippen LogP contribution in [0.3, 0.4) is 0 Å². The van der Waals surface area contributed by atoms with Crippen molar-refractivity contribution in [1.82, 2.24) is 0 Å². The van der Waals surface area contributed by atoms with E-state index in [4.69, 9.17) is 9.47 Å². The Morgan fingerprint density at radius 3 is 2.19 bits per heavy atom. The van der Waals surface area contributed by atoms with Gasteiger partial charge in [0.25, 0.3) is 0 Å². The molecule has 0 aliphatic heterocycles. The summed E-state index contributed by atoms with van der Waals surface area (Å²) in [5, 5.41) is 0. The van der Waals surface area contributed by atoms with Crippen molar-refractivity contribution in [2.45, 2.75) is 6.92 Å². The van der Waals surface area contributed by atoms with Gasteiger partial charge in [-0.3, -0.25) is 4.79 Å². The average Bonchev–Trinajstić information content (AvgIpc) is 2.27. The number of methoxy groups -OCH3 is 1. The Hall–Kier alpha value is -1.77. The van der Waals surface area contributed by atoms with Gasteiger partial charge in [0.05, 0.1) is 7.11 Å². The first kappa shape index (κ1) is 10.7. The van der Waals surface area contributed by atoms with E-state index in [0.29, 0.717) is 17.4 Å². The van der Waals surface area contributed by atoms with E-state index in [9.17, 15) is 4.79 Å². The van der Waals surface area contributed by atoms with Gasteiger partial charge in [0.15, 0.2) is 11.5 Å². The molecule has 2 rings (SSSR count). The second-order valence-corrected chi connectivity index (χ2v) is 3.78. The topological polar surface area (TPSA) is 35.5 Å². The highest BCUT2D eigenvalue weighted by molar-refractivity contribution is 5.68. The van der Waals surface area contributed by atoms with Gasteiger partial charge in [-0.05, 0) is 12.2 Å². The number of fused-ring (bicyclic) bond motifs is 1. The number of carbonyl (C=O) groups excluding carboxylic acids is 1. The monoisotopic (exact) mass is 218 g/mol. The summed E-state index contributed by atoms with van der Waals surface area (Å²) in [7, 11) is 1.58. The van der Waals surface area contributed by atoms with Crippen LogP contribution in [0.5, 0.6) is 0 Å². The summed E-state index contributed by atoms with van der Waals surface area (Å²) >= 11 is 0. The minimum absolute atomic E-state index is 0.248. The summed E-state index contributed by atoms with van der Waals surface area (Å²) in [6, 6.07) is 0. The summed E-state index contributed by atoms with van der Waals surface area (Å²) in [6.45, 7) is 1.39. The quantitative estimate of drug-likeness (QED) is 0.667. The van der Waals surface area contributed by atoms with Gasteiger partial charge in [0, 0.05) is 18.8 Å². The molecule has 3 heteroatoms. The van der Waals surface area contributed by atoms with Crippen molar-refractivity contribution in [1.29, 1.82) is 0 Å². The number of hydrogen-bond donors (Lipinski definition) is 0. The summed E-state index contributed by atoms with van der Waals surface area (Å²) in [5.41, 5.74) is 0. The molecule has 0 aromatic heterocycles. The molecule has 0 radical (unpaired) electrons. The average molecular weight is 218 g/mol. The Kier molecular flexibility index (Phi) is 2.95. The van der Waals surface area contributed by atoms with Crippen molar-refractivity contribution in [2.75, 3.05) is 7.11 Å². The molecule has 0 fully saturated rings. The first-order chi connectivity index (χ1) is 7.70. The molecular weight excluding hydrogens is 204 g/mol. The van der Waals surface area contributed by atoms with Crippen molar-refractivity contribution >= 4 is 5.97 Å². The Bertz CT molecular complexity index is 413. The lowest BCUT2D eigenvalue weighted by Gasteiger charge is -2.25. The number of carbonyl (C=O) groups is 1. The van der Waals surface area contributed by atoms with Gasteiger partial charge in [-0.25, -0.2) is 0 Å². The third-order valence-corrected chi connectivity index (χ3v) is 2.63. The molecule has 0 aromatic rings. The molecule has 0 bridgehead atoms. The first-order valence-corrected chi connectivity index (χ1v) is 5.22. The number of allylic oxidation sites excluding steroid dienone is 6. The van der Waals surface area contributed by atoms with Crippen molar-refractivity contribution in [3.63, 3.8) is 0 Å². The Labute approximate surface area is 94.7 Å². The van der Waals surface area contributed by atoms with Crippen molar-refractivity contribution in [2.24, 2.45) is 11.8 Å². The highest BCUT2D eigenvalue weighted by atomic mass is 16.6. The van der Waals surface area contributed by atoms with Gasteiger partial charge in [0.2, 0.25) is 0 Å². The molecule has 0 heterocycles. The zero-order chi connectivity index (χ0) is 11.5. The second-order valence-electron chi connectivity index (χ2n) is 3.78. The molecule has 2 atom stereocenters. The van der Waals surface area contributed by atoms with Crippen molar-refractivity contribution in [3.05, 3.63) is 48.0 Å². The predicted octanol–water partition coefficient (Wildman–Crippen LogP) is 2.34. The Morgan fingerprint density at radius 2 is 1.69 bits per heavy atom. The van der Waals surface area contributed by atoms with Gasteiger partial charge in [-0.1, -0.05) is 24.3 Å². The van der Waals surface area contributed by atoms with E-state index in [0.717, 1.165) is 0 Å². The molecule has 0 aromatic carbocycles. The third kappa shape index (κ3) is 2.08. The van der Waals surface area contributed by atoms with Crippen LogP contribution in [0.25, 0.3) is 0 Å². The minimum atomic E-state index is -0.331. The van der Waals surface area contributed by atoms with Gasteiger partial charge in [-0.15, -0.1) is 0 Å². The molecule has 2 aliphatic rings. The molecule has 16 heavy (non-hydrogen) atoms. The van der Waals surface area contributed by atoms with E-state index in [2.05, 4.69) is 12.2 Å². The van der Waals surface area contributed by atoms with E-state index in [1.807, 2.05) is 24.3 Å². The van der Waals surface area contributed by atoms with Crippen LogP contribution in [-0.2, 0) is 14.3 Å². The molecule has 3 nitrogen and oxygen atoms in total. The van der Waals surface area contributed by atoms with Crippen LogP contribution in [0.1, 0.15) is 6.92 Å². The first-order valence-electron chi connectivity index (χ1n) is 5.22. The van der Waals surface area contributed by atoms with Crippen LogP contribution in [0.15, 0.2) is 48.0 Å². The van der Waals surface area contributed by atoms with Crippen LogP contribution < -0.4 is 0 Å². The van der Waals surface area contributed by atoms with E-state index < -0.39 is 0 Å². The fourth-order valence-corrected chi connectivity index (χ4v) is 1.90. The lowest BCUT2D eigenvalue weighted by atomic mass is 9.84. The van der Waals surface area contributed by atoms with Crippen LogP contribution in [0, 0.1) is 11.8 Å². The number of rotatable bonds is 2. The fourth-order valence-electron chi connectivity index (χ4n) is 1.90. The predicted molar refractivity (Wildman–Crippen MR) is 60.2 cm³/mol. The molecule has 0 amide bonds. The van der Waals surface area contributed by atoms with E-state index in [-0.39, 0.29) is 11.9 Å². The summed E-state index contributed by atoms with van der Waals surface area (Å²) in [6.07, 6.45) is 12.1. The molecule has 0 saturated heterocycles. The summed E-state index contributed by atoms with van der Waals surface area (Å²) in [4.78, 5) is 11.0. The Balaban J connectivity index is 2.26. The zero-order valence-corrected chi connectivity index (χ0v) is 9.34. The smallest absolute Gasteiger partial charge is 0.308 e. The minimum Gasteiger partial charge on any atom is -0.493 e. The van der Waals surface area contributed by atoms with Crippen molar-refractivity contribution in [3.8, 4) is 0 Å². The second kappa shape index (κ2) is 4.39. The Morgan fingerprint density at radius 1 is 1.12 bits per heavy atom. The maximum Gasteiger partial charge on any atom is 0.308 e. The van der Waals surface area contributed by atoms with Gasteiger partial charge in [0.1, 0.15) is 0 Å². The van der Waals surface area contributed by atoms with Gasteiger partial charge < -0.3 is 9.47 Å². The largest absolute Gasteiger partial charge is 0.493 e. The molecular formula is C13H14O3. The standard InChI is InChI=1S/C13H14O3/c1-9(14)16-13-8-11-6-4-3-5-10(11)7-12(13)15-2/h3-8,10-11H,1-2H3. The van der Waals surface area contributed by atoms with E-state index >= 15 is 0 Å². The van der Waals surface area contributed by atoms with Crippen LogP contribution in [-0.4, -0.2) is 13.1 Å². The van der Waals surface area contributed by atoms with Gasteiger partial charge in [-0.2, -0.15) is 0 Å². The normalized spacial score (nSPS) is 26.6. The zero-order valence-electron chi connectivity index (χ0n) is 9.34. The molecule has 0 N–H and O–H groups in total. The number of ether oxygens (including phenoxy) is 2. The molecule has 2 aliphatic carbocycles. The number of esters is 1. The van der Waals surface area contributed by atoms with E-state index in [1.165, 1.54) is 6.92 Å². The summed E-state index contributed by atoms with van der Waals surface area (Å²) in [5.74, 6) is 1.34. The van der Waals surface area contributed by atoms with Crippen LogP contribution in [0.2, 0.25) is 0 Å². The fraction of sp³-hybridized carbons (Fsp3) is 0.308. The lowest BCUT2D eigenvalue weighted by Crippen LogP contribution is -2.17. The maximum absolute atomic E-state index is 11.0. The van der Waals surface area contributed by atoms with Crippen molar-refractivity contribution < 1.29 is 14.3 Å². The van der Waals surface area contributed by atoms with E-state index in [1.54, 1.807) is 7.11 Å². The summed E-state index contributed by atoms with van der Waals surface area (Å²) < 4.78 is 10.3. The third-order valence-electron chi connectivity index (χ3n) is 2.63. The molecule has 84 valence electrons. The number of hydrogen-bond acceptors (Lipinski definition) is 3. The highest BCUT2D eigenvalue weighted by Crippen LogP contribution is 2.32. The van der Waals surface area contributed by atoms with Gasteiger partial charge >= 0.3 is 5.97 Å². The van der Waals surface area contributed by atoms with Crippen LogP contribution >= 0.6 is 0 Å². The molecule has 2 unspecified atom stereocenters. The molecule has 0 spiro atoms.